The van der Waals surface area contributed by atoms with Gasteiger partial charge in [0, 0.05) is 12.5 Å². The van der Waals surface area contributed by atoms with Crippen molar-refractivity contribution in [2.45, 2.75) is 52.0 Å². The highest BCUT2D eigenvalue weighted by molar-refractivity contribution is 5.78. The Labute approximate surface area is 125 Å². The van der Waals surface area contributed by atoms with E-state index >= 15 is 0 Å². The molecule has 114 valence electrons. The average molecular weight is 289 g/mol. The van der Waals surface area contributed by atoms with Crippen LogP contribution in [0.2, 0.25) is 0 Å². The third kappa shape index (κ3) is 4.31. The van der Waals surface area contributed by atoms with Crippen LogP contribution < -0.4 is 5.32 Å². The first-order valence-corrected chi connectivity index (χ1v) is 7.55. The third-order valence-corrected chi connectivity index (χ3v) is 4.10. The second-order valence-corrected chi connectivity index (χ2v) is 6.05. The minimum Gasteiger partial charge on any atom is -0.481 e. The molecule has 2 rings (SSSR count). The number of carbonyl (C=O) groups is 2. The maximum absolute atomic E-state index is 12.0. The molecule has 1 amide bonds. The predicted octanol–water partition coefficient (Wildman–Crippen LogP) is 2.61. The molecule has 1 aromatic rings. The minimum atomic E-state index is -0.799. The van der Waals surface area contributed by atoms with Gasteiger partial charge in [-0.15, -0.1) is 0 Å². The van der Waals surface area contributed by atoms with Gasteiger partial charge in [-0.05, 0) is 38.7 Å². The molecule has 21 heavy (non-hydrogen) atoms. The van der Waals surface area contributed by atoms with Gasteiger partial charge in [-0.3, -0.25) is 9.59 Å². The highest BCUT2D eigenvalue weighted by Gasteiger charge is 2.33. The van der Waals surface area contributed by atoms with Gasteiger partial charge in [0.25, 0.3) is 0 Å². The van der Waals surface area contributed by atoms with E-state index in [9.17, 15) is 9.59 Å². The van der Waals surface area contributed by atoms with Gasteiger partial charge in [-0.25, -0.2) is 0 Å². The summed E-state index contributed by atoms with van der Waals surface area (Å²) in [5.41, 5.74) is 3.56. The average Bonchev–Trinajstić information content (AvgIpc) is 2.83. The van der Waals surface area contributed by atoms with Crippen LogP contribution in [0.25, 0.3) is 0 Å². The molecule has 1 aromatic carbocycles. The number of carboxylic acid groups (broad SMARTS) is 1. The Morgan fingerprint density at radius 3 is 2.48 bits per heavy atom. The highest BCUT2D eigenvalue weighted by atomic mass is 16.4. The summed E-state index contributed by atoms with van der Waals surface area (Å²) in [6.07, 6.45) is 3.41. The van der Waals surface area contributed by atoms with Gasteiger partial charge in [0.2, 0.25) is 5.91 Å². The lowest BCUT2D eigenvalue weighted by atomic mass is 10.0. The van der Waals surface area contributed by atoms with Crippen LogP contribution in [0.5, 0.6) is 0 Å². The molecule has 0 unspecified atom stereocenters. The van der Waals surface area contributed by atoms with Gasteiger partial charge in [0.15, 0.2) is 0 Å². The van der Waals surface area contributed by atoms with Crippen LogP contribution in [0.3, 0.4) is 0 Å². The van der Waals surface area contributed by atoms with Crippen molar-refractivity contribution in [1.29, 1.82) is 0 Å². The number of carbonyl (C=O) groups excluding carboxylic acids is 1. The number of carboxylic acids is 1. The van der Waals surface area contributed by atoms with Crippen LogP contribution in [0.15, 0.2) is 18.2 Å². The monoisotopic (exact) mass is 289 g/mol. The van der Waals surface area contributed by atoms with Gasteiger partial charge < -0.3 is 10.4 Å². The summed E-state index contributed by atoms with van der Waals surface area (Å²) in [5, 5.41) is 12.0. The topological polar surface area (TPSA) is 66.4 Å². The van der Waals surface area contributed by atoms with Gasteiger partial charge in [-0.2, -0.15) is 0 Å². The molecule has 4 nitrogen and oxygen atoms in total. The molecule has 0 aliphatic heterocycles. The van der Waals surface area contributed by atoms with Crippen LogP contribution in [0, 0.1) is 19.8 Å². The van der Waals surface area contributed by atoms with E-state index in [4.69, 9.17) is 5.11 Å². The first kappa shape index (κ1) is 15.5. The molecular formula is C17H23NO3. The standard InChI is InChI=1S/C17H23NO3/c1-11-8-12(2)10-13(9-11)6-7-16(19)18-15-5-3-4-14(15)17(20)21/h8-10,14-15H,3-7H2,1-2H3,(H,18,19)(H,20,21)/t14-,15+/m0/s1. The first-order valence-electron chi connectivity index (χ1n) is 7.55. The molecule has 4 heteroatoms. The Morgan fingerprint density at radius 1 is 1.19 bits per heavy atom. The minimum absolute atomic E-state index is 0.0488. The van der Waals surface area contributed by atoms with E-state index < -0.39 is 11.9 Å². The van der Waals surface area contributed by atoms with E-state index in [1.54, 1.807) is 0 Å². The summed E-state index contributed by atoms with van der Waals surface area (Å²) in [6, 6.07) is 6.10. The number of hydrogen-bond donors (Lipinski definition) is 2. The number of aliphatic carboxylic acids is 1. The molecule has 1 saturated carbocycles. The molecular weight excluding hydrogens is 266 g/mol. The van der Waals surface area contributed by atoms with Crippen molar-refractivity contribution in [2.75, 3.05) is 0 Å². The second kappa shape index (κ2) is 6.74. The van der Waals surface area contributed by atoms with E-state index in [2.05, 4.69) is 23.5 Å². The summed E-state index contributed by atoms with van der Waals surface area (Å²) < 4.78 is 0. The lowest BCUT2D eigenvalue weighted by Gasteiger charge is -2.17. The van der Waals surface area contributed by atoms with E-state index in [1.807, 2.05) is 13.8 Å². The van der Waals surface area contributed by atoms with Crippen molar-refractivity contribution >= 4 is 11.9 Å². The van der Waals surface area contributed by atoms with Crippen LogP contribution in [0.1, 0.15) is 42.4 Å². The molecule has 1 aliphatic carbocycles. The molecule has 0 radical (unpaired) electrons. The molecule has 0 spiro atoms. The van der Waals surface area contributed by atoms with Crippen molar-refractivity contribution in [2.24, 2.45) is 5.92 Å². The highest BCUT2D eigenvalue weighted by Crippen LogP contribution is 2.25. The summed E-state index contributed by atoms with van der Waals surface area (Å²) >= 11 is 0. The number of nitrogens with one attached hydrogen (secondary N) is 1. The molecule has 0 saturated heterocycles. The largest absolute Gasteiger partial charge is 0.481 e. The zero-order chi connectivity index (χ0) is 15.4. The van der Waals surface area contributed by atoms with E-state index in [-0.39, 0.29) is 11.9 Å². The maximum Gasteiger partial charge on any atom is 0.308 e. The normalized spacial score (nSPS) is 21.2. The zero-order valence-electron chi connectivity index (χ0n) is 12.7. The molecule has 0 bridgehead atoms. The zero-order valence-corrected chi connectivity index (χ0v) is 12.7. The van der Waals surface area contributed by atoms with Crippen LogP contribution >= 0.6 is 0 Å². The number of benzene rings is 1. The lowest BCUT2D eigenvalue weighted by Crippen LogP contribution is -2.40. The number of hydrogen-bond acceptors (Lipinski definition) is 2. The first-order chi connectivity index (χ1) is 9.95. The van der Waals surface area contributed by atoms with Crippen LogP contribution in [0.4, 0.5) is 0 Å². The van der Waals surface area contributed by atoms with Crippen molar-refractivity contribution in [3.05, 3.63) is 34.9 Å². The van der Waals surface area contributed by atoms with Gasteiger partial charge in [0.1, 0.15) is 0 Å². The second-order valence-electron chi connectivity index (χ2n) is 6.05. The number of rotatable bonds is 5. The molecule has 2 atom stereocenters. The predicted molar refractivity (Wildman–Crippen MR) is 81.1 cm³/mol. The van der Waals surface area contributed by atoms with Crippen LogP contribution in [-0.4, -0.2) is 23.0 Å². The van der Waals surface area contributed by atoms with Gasteiger partial charge in [0.05, 0.1) is 5.92 Å². The van der Waals surface area contributed by atoms with Gasteiger partial charge >= 0.3 is 5.97 Å². The van der Waals surface area contributed by atoms with E-state index in [0.717, 1.165) is 18.4 Å². The van der Waals surface area contributed by atoms with Crippen molar-refractivity contribution in [3.8, 4) is 0 Å². The Morgan fingerprint density at radius 2 is 1.86 bits per heavy atom. The molecule has 0 aromatic heterocycles. The van der Waals surface area contributed by atoms with E-state index in [0.29, 0.717) is 19.3 Å². The summed E-state index contributed by atoms with van der Waals surface area (Å²) in [5.74, 6) is -1.27. The van der Waals surface area contributed by atoms with Crippen molar-refractivity contribution in [3.63, 3.8) is 0 Å². The Balaban J connectivity index is 1.86. The quantitative estimate of drug-likeness (QED) is 0.875. The smallest absolute Gasteiger partial charge is 0.308 e. The number of aryl methyl sites for hydroxylation is 3. The van der Waals surface area contributed by atoms with Crippen LogP contribution in [-0.2, 0) is 16.0 Å². The number of amides is 1. The molecule has 1 aliphatic rings. The van der Waals surface area contributed by atoms with E-state index in [1.165, 1.54) is 11.1 Å². The molecule has 1 fully saturated rings. The Hall–Kier alpha value is -1.84. The van der Waals surface area contributed by atoms with Crippen molar-refractivity contribution in [1.82, 2.24) is 5.32 Å². The Kier molecular flexibility index (Phi) is 4.99. The third-order valence-electron chi connectivity index (χ3n) is 4.10. The molecule has 0 heterocycles. The Bertz CT molecular complexity index is 519. The lowest BCUT2D eigenvalue weighted by molar-refractivity contribution is -0.142. The fraction of sp³-hybridized carbons (Fsp3) is 0.529. The fourth-order valence-electron chi connectivity index (χ4n) is 3.18. The summed E-state index contributed by atoms with van der Waals surface area (Å²) in [4.78, 5) is 23.1. The van der Waals surface area contributed by atoms with Crippen molar-refractivity contribution < 1.29 is 14.7 Å². The van der Waals surface area contributed by atoms with Gasteiger partial charge in [-0.1, -0.05) is 35.7 Å². The summed E-state index contributed by atoms with van der Waals surface area (Å²) in [6.45, 7) is 4.10. The summed E-state index contributed by atoms with van der Waals surface area (Å²) in [7, 11) is 0. The maximum atomic E-state index is 12.0. The molecule has 2 N–H and O–H groups in total. The fourth-order valence-corrected chi connectivity index (χ4v) is 3.18. The SMILES string of the molecule is Cc1cc(C)cc(CCC(=O)N[C@@H]2CCC[C@@H]2C(=O)O)c1.